The molecule has 0 atom stereocenters. The van der Waals surface area contributed by atoms with Crippen molar-refractivity contribution in [3.63, 3.8) is 0 Å². The normalized spacial score (nSPS) is 10.3. The number of hydrogen-bond donors (Lipinski definition) is 1. The van der Waals surface area contributed by atoms with Crippen molar-refractivity contribution in [3.05, 3.63) is 56.5 Å². The Morgan fingerprint density at radius 1 is 1.26 bits per heavy atom. The molecule has 0 fully saturated rings. The highest BCUT2D eigenvalue weighted by molar-refractivity contribution is 9.11. The third-order valence-corrected chi connectivity index (χ3v) is 3.30. The average molecular weight is 385 g/mol. The lowest BCUT2D eigenvalue weighted by atomic mass is 10.2. The van der Waals surface area contributed by atoms with E-state index in [2.05, 4.69) is 47.1 Å². The summed E-state index contributed by atoms with van der Waals surface area (Å²) >= 11 is 6.71. The van der Waals surface area contributed by atoms with Crippen LogP contribution >= 0.6 is 31.9 Å². The molecule has 0 aliphatic rings. The van der Waals surface area contributed by atoms with Crippen molar-refractivity contribution in [1.29, 1.82) is 0 Å². The number of rotatable bonds is 3. The standard InChI is InChI=1S/C13H11Br2N3O/c1-8-16-3-2-12(18-8)7-17-13(19)9-4-10(14)6-11(15)5-9/h2-6H,7H2,1H3,(H,17,19). The molecule has 98 valence electrons. The topological polar surface area (TPSA) is 54.9 Å². The summed E-state index contributed by atoms with van der Waals surface area (Å²) < 4.78 is 1.70. The Hall–Kier alpha value is -1.27. The van der Waals surface area contributed by atoms with E-state index >= 15 is 0 Å². The Morgan fingerprint density at radius 2 is 1.95 bits per heavy atom. The zero-order valence-electron chi connectivity index (χ0n) is 10.2. The van der Waals surface area contributed by atoms with Crippen molar-refractivity contribution in [2.45, 2.75) is 13.5 Å². The van der Waals surface area contributed by atoms with E-state index in [4.69, 9.17) is 0 Å². The van der Waals surface area contributed by atoms with Crippen molar-refractivity contribution < 1.29 is 4.79 Å². The van der Waals surface area contributed by atoms with E-state index in [1.54, 1.807) is 24.4 Å². The van der Waals surface area contributed by atoms with Crippen LogP contribution in [0.2, 0.25) is 0 Å². The minimum absolute atomic E-state index is 0.140. The first kappa shape index (κ1) is 14.1. The number of benzene rings is 1. The number of halogens is 2. The van der Waals surface area contributed by atoms with Crippen molar-refractivity contribution in [3.8, 4) is 0 Å². The molecule has 6 heteroatoms. The fraction of sp³-hybridized carbons (Fsp3) is 0.154. The fourth-order valence-electron chi connectivity index (χ4n) is 1.56. The van der Waals surface area contributed by atoms with Crippen LogP contribution < -0.4 is 5.32 Å². The molecule has 1 aromatic carbocycles. The largest absolute Gasteiger partial charge is 0.346 e. The lowest BCUT2D eigenvalue weighted by Gasteiger charge is -2.06. The second-order valence-electron chi connectivity index (χ2n) is 3.94. The van der Waals surface area contributed by atoms with Gasteiger partial charge in [-0.05, 0) is 31.2 Å². The van der Waals surface area contributed by atoms with Gasteiger partial charge >= 0.3 is 0 Å². The second-order valence-corrected chi connectivity index (χ2v) is 5.77. The number of aryl methyl sites for hydroxylation is 1. The van der Waals surface area contributed by atoms with E-state index in [0.29, 0.717) is 17.9 Å². The minimum atomic E-state index is -0.140. The summed E-state index contributed by atoms with van der Waals surface area (Å²) in [4.78, 5) is 20.3. The highest BCUT2D eigenvalue weighted by Crippen LogP contribution is 2.20. The number of hydrogen-bond acceptors (Lipinski definition) is 3. The van der Waals surface area contributed by atoms with Crippen LogP contribution in [0.15, 0.2) is 39.4 Å². The molecule has 0 spiro atoms. The summed E-state index contributed by atoms with van der Waals surface area (Å²) in [6.45, 7) is 2.20. The lowest BCUT2D eigenvalue weighted by molar-refractivity contribution is 0.0950. The maximum atomic E-state index is 12.0. The maximum Gasteiger partial charge on any atom is 0.251 e. The van der Waals surface area contributed by atoms with E-state index in [1.807, 2.05) is 13.0 Å². The maximum absolute atomic E-state index is 12.0. The summed E-state index contributed by atoms with van der Waals surface area (Å²) in [5.41, 5.74) is 1.38. The van der Waals surface area contributed by atoms with Gasteiger partial charge in [0.25, 0.3) is 5.91 Å². The second kappa shape index (κ2) is 6.25. The van der Waals surface area contributed by atoms with Crippen LogP contribution in [0.4, 0.5) is 0 Å². The summed E-state index contributed by atoms with van der Waals surface area (Å²) in [5.74, 6) is 0.551. The number of amides is 1. The third-order valence-electron chi connectivity index (χ3n) is 2.39. The first-order valence-electron chi connectivity index (χ1n) is 5.57. The van der Waals surface area contributed by atoms with Crippen molar-refractivity contribution in [2.24, 2.45) is 0 Å². The molecule has 1 amide bonds. The number of nitrogens with one attached hydrogen (secondary N) is 1. The molecular formula is C13H11Br2N3O. The van der Waals surface area contributed by atoms with Gasteiger partial charge in [-0.3, -0.25) is 4.79 Å². The predicted molar refractivity (Wildman–Crippen MR) is 79.8 cm³/mol. The van der Waals surface area contributed by atoms with Gasteiger partial charge < -0.3 is 5.32 Å². The van der Waals surface area contributed by atoms with E-state index in [-0.39, 0.29) is 5.91 Å². The third kappa shape index (κ3) is 4.11. The number of nitrogens with zero attached hydrogens (tertiary/aromatic N) is 2. The fourth-order valence-corrected chi connectivity index (χ4v) is 2.86. The van der Waals surface area contributed by atoms with Crippen molar-refractivity contribution in [1.82, 2.24) is 15.3 Å². The van der Waals surface area contributed by atoms with E-state index in [1.165, 1.54) is 0 Å². The predicted octanol–water partition coefficient (Wildman–Crippen LogP) is 3.24. The average Bonchev–Trinajstić information content (AvgIpc) is 2.35. The van der Waals surface area contributed by atoms with Crippen LogP contribution in [-0.2, 0) is 6.54 Å². The molecule has 0 radical (unpaired) electrons. The van der Waals surface area contributed by atoms with Gasteiger partial charge in [0.2, 0.25) is 0 Å². The Labute approximate surface area is 127 Å². The smallest absolute Gasteiger partial charge is 0.251 e. The van der Waals surface area contributed by atoms with Crippen LogP contribution in [0.1, 0.15) is 21.9 Å². The molecule has 2 aromatic rings. The Kier molecular flexibility index (Phi) is 4.66. The molecule has 1 aromatic heterocycles. The van der Waals surface area contributed by atoms with Gasteiger partial charge in [0.05, 0.1) is 12.2 Å². The van der Waals surface area contributed by atoms with Gasteiger partial charge in [-0.15, -0.1) is 0 Å². The molecule has 0 aliphatic carbocycles. The number of aromatic nitrogens is 2. The van der Waals surface area contributed by atoms with Crippen molar-refractivity contribution >= 4 is 37.8 Å². The zero-order valence-corrected chi connectivity index (χ0v) is 13.3. The molecule has 4 nitrogen and oxygen atoms in total. The van der Waals surface area contributed by atoms with E-state index in [9.17, 15) is 4.79 Å². The highest BCUT2D eigenvalue weighted by Gasteiger charge is 2.07. The molecule has 0 saturated carbocycles. The monoisotopic (exact) mass is 383 g/mol. The first-order chi connectivity index (χ1) is 9.04. The van der Waals surface area contributed by atoms with Gasteiger partial charge in [-0.25, -0.2) is 9.97 Å². The van der Waals surface area contributed by atoms with Crippen molar-refractivity contribution in [2.75, 3.05) is 0 Å². The van der Waals surface area contributed by atoms with Crippen LogP contribution in [-0.4, -0.2) is 15.9 Å². The number of carbonyl (C=O) groups is 1. The van der Waals surface area contributed by atoms with Crippen LogP contribution in [0, 0.1) is 6.92 Å². The van der Waals surface area contributed by atoms with Gasteiger partial charge in [-0.2, -0.15) is 0 Å². The summed E-state index contributed by atoms with van der Waals surface area (Å²) in [6, 6.07) is 7.20. The first-order valence-corrected chi connectivity index (χ1v) is 7.16. The quantitative estimate of drug-likeness (QED) is 0.883. The summed E-state index contributed by atoms with van der Waals surface area (Å²) in [6.07, 6.45) is 1.68. The molecule has 1 heterocycles. The minimum Gasteiger partial charge on any atom is -0.346 e. The molecule has 0 aliphatic heterocycles. The molecule has 0 unspecified atom stereocenters. The molecule has 0 bridgehead atoms. The molecule has 2 rings (SSSR count). The number of carbonyl (C=O) groups excluding carboxylic acids is 1. The Bertz CT molecular complexity index is 596. The molecular weight excluding hydrogens is 374 g/mol. The molecule has 19 heavy (non-hydrogen) atoms. The van der Waals surface area contributed by atoms with Crippen LogP contribution in [0.5, 0.6) is 0 Å². The van der Waals surface area contributed by atoms with Gasteiger partial charge in [-0.1, -0.05) is 31.9 Å². The lowest BCUT2D eigenvalue weighted by Crippen LogP contribution is -2.23. The molecule has 0 saturated heterocycles. The van der Waals surface area contributed by atoms with Gasteiger partial charge in [0.1, 0.15) is 5.82 Å². The summed E-state index contributed by atoms with van der Waals surface area (Å²) in [5, 5.41) is 2.83. The highest BCUT2D eigenvalue weighted by atomic mass is 79.9. The summed E-state index contributed by atoms with van der Waals surface area (Å²) in [7, 11) is 0. The van der Waals surface area contributed by atoms with E-state index < -0.39 is 0 Å². The Morgan fingerprint density at radius 3 is 2.58 bits per heavy atom. The SMILES string of the molecule is Cc1nccc(CNC(=O)c2cc(Br)cc(Br)c2)n1. The van der Waals surface area contributed by atoms with Gasteiger partial charge in [0, 0.05) is 20.7 Å². The van der Waals surface area contributed by atoms with Crippen LogP contribution in [0.25, 0.3) is 0 Å². The molecule has 1 N–H and O–H groups in total. The van der Waals surface area contributed by atoms with Crippen LogP contribution in [0.3, 0.4) is 0 Å². The van der Waals surface area contributed by atoms with Gasteiger partial charge in [0.15, 0.2) is 0 Å². The zero-order chi connectivity index (χ0) is 13.8. The van der Waals surface area contributed by atoms with E-state index in [0.717, 1.165) is 14.6 Å². The Balaban J connectivity index is 2.05.